The maximum absolute atomic E-state index is 6.10. The summed E-state index contributed by atoms with van der Waals surface area (Å²) in [4.78, 5) is 0. The summed E-state index contributed by atoms with van der Waals surface area (Å²) >= 11 is 0. The fraction of sp³-hybridized carbons (Fsp3) is 0.429. The highest BCUT2D eigenvalue weighted by Crippen LogP contribution is 2.36. The van der Waals surface area contributed by atoms with Gasteiger partial charge in [0, 0.05) is 0 Å². The predicted molar refractivity (Wildman–Crippen MR) is 112 cm³/mol. The van der Waals surface area contributed by atoms with Crippen LogP contribution in [0.1, 0.15) is 40.5 Å². The molecule has 1 atom stereocenters. The summed E-state index contributed by atoms with van der Waals surface area (Å²) in [5.74, 6) is 2.41. The van der Waals surface area contributed by atoms with Crippen molar-refractivity contribution in [3.63, 3.8) is 0 Å². The molecule has 1 saturated heterocycles. The second kappa shape index (κ2) is 6.81. The lowest BCUT2D eigenvalue weighted by atomic mass is 9.79. The van der Waals surface area contributed by atoms with Crippen LogP contribution < -0.4 is 20.2 Å². The highest BCUT2D eigenvalue weighted by atomic mass is 31.0. The van der Waals surface area contributed by atoms with Crippen molar-refractivity contribution in [1.29, 1.82) is 0 Å². The van der Waals surface area contributed by atoms with E-state index in [1.807, 2.05) is 42.5 Å². The van der Waals surface area contributed by atoms with Crippen molar-refractivity contribution in [2.75, 3.05) is 0 Å². The van der Waals surface area contributed by atoms with Crippen molar-refractivity contribution in [3.8, 4) is 17.2 Å². The topological polar surface area (TPSA) is 36.9 Å². The van der Waals surface area contributed by atoms with E-state index >= 15 is 0 Å². The summed E-state index contributed by atoms with van der Waals surface area (Å²) in [5, 5.41) is 0.944. The molecule has 0 amide bonds. The molecular weight excluding hydrogens is 358 g/mol. The Morgan fingerprint density at radius 3 is 2.11 bits per heavy atom. The molecule has 142 valence electrons. The summed E-state index contributed by atoms with van der Waals surface area (Å²) in [6, 6.07) is 13.8. The average Bonchev–Trinajstić information content (AvgIpc) is 3.38. The monoisotopic (exact) mass is 384 g/mol. The van der Waals surface area contributed by atoms with E-state index in [-0.39, 0.29) is 18.3 Å². The quantitative estimate of drug-likeness (QED) is 0.580. The van der Waals surface area contributed by atoms with Crippen molar-refractivity contribution in [3.05, 3.63) is 42.5 Å². The second-order valence-corrected chi connectivity index (χ2v) is 8.82. The molecule has 4 nitrogen and oxygen atoms in total. The summed E-state index contributed by atoms with van der Waals surface area (Å²) in [5.41, 5.74) is 0.296. The lowest BCUT2D eigenvalue weighted by Gasteiger charge is -2.32. The molecule has 1 aliphatic heterocycles. The molecular formula is C21H26BO4P. The van der Waals surface area contributed by atoms with Gasteiger partial charge in [-0.3, -0.25) is 0 Å². The van der Waals surface area contributed by atoms with E-state index in [0.717, 1.165) is 40.9 Å². The molecule has 4 rings (SSSR count). The van der Waals surface area contributed by atoms with Gasteiger partial charge in [-0.25, -0.2) is 0 Å². The van der Waals surface area contributed by atoms with E-state index < -0.39 is 0 Å². The third-order valence-corrected chi connectivity index (χ3v) is 6.05. The van der Waals surface area contributed by atoms with Crippen LogP contribution in [0, 0.1) is 0 Å². The Bertz CT molecular complexity index is 815. The van der Waals surface area contributed by atoms with Gasteiger partial charge < -0.3 is 18.8 Å². The first-order valence-corrected chi connectivity index (χ1v) is 10.0. The Morgan fingerprint density at radius 1 is 0.926 bits per heavy atom. The average molecular weight is 384 g/mol. The third-order valence-electron chi connectivity index (χ3n) is 5.48. The largest absolute Gasteiger partial charge is 0.494 e. The SMILES string of the molecule is CC1(C)OB(c2ccc(Oc3cccc(OC4CC4)c3P)cc2)OC1(C)C. The predicted octanol–water partition coefficient (Wildman–Crippen LogP) is 3.82. The minimum Gasteiger partial charge on any atom is -0.490 e. The highest BCUT2D eigenvalue weighted by molar-refractivity contribution is 7.28. The van der Waals surface area contributed by atoms with Crippen molar-refractivity contribution in [2.24, 2.45) is 0 Å². The smallest absolute Gasteiger partial charge is 0.490 e. The molecule has 0 spiro atoms. The van der Waals surface area contributed by atoms with Gasteiger partial charge in [0.15, 0.2) is 0 Å². The zero-order valence-corrected chi connectivity index (χ0v) is 17.5. The molecule has 2 fully saturated rings. The van der Waals surface area contributed by atoms with Crippen LogP contribution in [-0.2, 0) is 9.31 Å². The van der Waals surface area contributed by atoms with Gasteiger partial charge in [-0.2, -0.15) is 0 Å². The molecule has 1 unspecified atom stereocenters. The lowest BCUT2D eigenvalue weighted by molar-refractivity contribution is 0.00578. The van der Waals surface area contributed by atoms with Gasteiger partial charge in [0.05, 0.1) is 22.6 Å². The first kappa shape index (κ1) is 18.8. The third kappa shape index (κ3) is 3.87. The minimum atomic E-state index is -0.364. The fourth-order valence-corrected chi connectivity index (χ4v) is 3.20. The van der Waals surface area contributed by atoms with Gasteiger partial charge in [0.2, 0.25) is 0 Å². The molecule has 1 heterocycles. The van der Waals surface area contributed by atoms with E-state index in [4.69, 9.17) is 18.8 Å². The fourth-order valence-electron chi connectivity index (χ4n) is 2.88. The van der Waals surface area contributed by atoms with Gasteiger partial charge in [0.1, 0.15) is 17.2 Å². The molecule has 6 heteroatoms. The lowest BCUT2D eigenvalue weighted by Crippen LogP contribution is -2.41. The van der Waals surface area contributed by atoms with Crippen molar-refractivity contribution >= 4 is 27.1 Å². The van der Waals surface area contributed by atoms with Crippen LogP contribution in [-0.4, -0.2) is 24.4 Å². The Labute approximate surface area is 163 Å². The number of benzene rings is 2. The highest BCUT2D eigenvalue weighted by Gasteiger charge is 2.51. The molecule has 0 radical (unpaired) electrons. The summed E-state index contributed by atoms with van der Waals surface area (Å²) in [6.07, 6.45) is 2.63. The Morgan fingerprint density at radius 2 is 1.52 bits per heavy atom. The van der Waals surface area contributed by atoms with Crippen LogP contribution in [0.4, 0.5) is 0 Å². The van der Waals surface area contributed by atoms with E-state index in [0.29, 0.717) is 6.10 Å². The van der Waals surface area contributed by atoms with Crippen LogP contribution in [0.2, 0.25) is 0 Å². The van der Waals surface area contributed by atoms with E-state index in [9.17, 15) is 0 Å². The number of rotatable bonds is 5. The maximum atomic E-state index is 6.10. The molecule has 0 N–H and O–H groups in total. The molecule has 0 aromatic heterocycles. The first-order chi connectivity index (χ1) is 12.7. The molecule has 2 aromatic carbocycles. The van der Waals surface area contributed by atoms with Crippen LogP contribution in [0.5, 0.6) is 17.2 Å². The van der Waals surface area contributed by atoms with E-state index in [1.165, 1.54) is 0 Å². The Balaban J connectivity index is 1.47. The molecule has 1 aliphatic carbocycles. The Kier molecular flexibility index (Phi) is 4.74. The summed E-state index contributed by atoms with van der Waals surface area (Å²) in [7, 11) is 2.36. The van der Waals surface area contributed by atoms with E-state index in [2.05, 4.69) is 36.9 Å². The van der Waals surface area contributed by atoms with Gasteiger partial charge >= 0.3 is 7.12 Å². The van der Waals surface area contributed by atoms with Crippen LogP contribution in [0.15, 0.2) is 42.5 Å². The van der Waals surface area contributed by atoms with Crippen molar-refractivity contribution in [2.45, 2.75) is 57.8 Å². The van der Waals surface area contributed by atoms with Crippen LogP contribution in [0.3, 0.4) is 0 Å². The summed E-state index contributed by atoms with van der Waals surface area (Å²) < 4.78 is 24.2. The zero-order chi connectivity index (χ0) is 19.2. The van der Waals surface area contributed by atoms with Gasteiger partial charge in [0.25, 0.3) is 0 Å². The maximum Gasteiger partial charge on any atom is 0.494 e. The second-order valence-electron chi connectivity index (χ2n) is 8.24. The number of hydrogen-bond acceptors (Lipinski definition) is 4. The molecule has 2 aromatic rings. The minimum absolute atomic E-state index is 0.344. The van der Waals surface area contributed by atoms with Gasteiger partial charge in [-0.05, 0) is 70.3 Å². The summed E-state index contributed by atoms with van der Waals surface area (Å²) in [6.45, 7) is 8.23. The van der Waals surface area contributed by atoms with Crippen molar-refractivity contribution < 1.29 is 18.8 Å². The van der Waals surface area contributed by atoms with Gasteiger partial charge in [-0.1, -0.05) is 27.4 Å². The standard InChI is InChI=1S/C21H26BO4P/c1-20(2)21(3,4)26-22(25-20)14-8-10-15(11-9-14)23-17-6-5-7-18(19(17)27)24-16-12-13-16/h5-11,16H,12-13,27H2,1-4H3. The van der Waals surface area contributed by atoms with E-state index in [1.54, 1.807) is 0 Å². The van der Waals surface area contributed by atoms with Crippen molar-refractivity contribution in [1.82, 2.24) is 0 Å². The van der Waals surface area contributed by atoms with Gasteiger partial charge in [-0.15, -0.1) is 0 Å². The molecule has 1 saturated carbocycles. The Hall–Kier alpha value is -1.55. The zero-order valence-electron chi connectivity index (χ0n) is 16.3. The van der Waals surface area contributed by atoms with Crippen LogP contribution >= 0.6 is 9.24 Å². The number of hydrogen-bond donors (Lipinski definition) is 0. The van der Waals surface area contributed by atoms with Crippen LogP contribution in [0.25, 0.3) is 0 Å². The molecule has 27 heavy (non-hydrogen) atoms. The molecule has 2 aliphatic rings. The first-order valence-electron chi connectivity index (χ1n) is 9.44. The normalized spacial score (nSPS) is 20.6. The molecule has 0 bridgehead atoms. The number of ether oxygens (including phenoxy) is 2.